The average Bonchev–Trinajstić information content (AvgIpc) is 2.53. The predicted octanol–water partition coefficient (Wildman–Crippen LogP) is 3.28. The molecule has 2 aromatic rings. The largest absolute Gasteiger partial charge is 0.495 e. The molecule has 0 atom stereocenters. The quantitative estimate of drug-likeness (QED) is 0.792. The number of hydrogen-bond donors (Lipinski definition) is 0. The fourth-order valence-corrected chi connectivity index (χ4v) is 1.82. The number of pyridine rings is 1. The molecule has 0 saturated heterocycles. The summed E-state index contributed by atoms with van der Waals surface area (Å²) < 4.78 is 10.8. The lowest BCUT2D eigenvalue weighted by Gasteiger charge is -2.08. The summed E-state index contributed by atoms with van der Waals surface area (Å²) in [5, 5.41) is 8.92. The van der Waals surface area contributed by atoms with Gasteiger partial charge >= 0.3 is 0 Å². The van der Waals surface area contributed by atoms with Crippen LogP contribution < -0.4 is 9.47 Å². The fraction of sp³-hybridized carbons (Fsp3) is 0.200. The lowest BCUT2D eigenvalue weighted by Crippen LogP contribution is -1.98. The van der Waals surface area contributed by atoms with Gasteiger partial charge in [0.05, 0.1) is 30.4 Å². The highest BCUT2D eigenvalue weighted by atomic mass is 35.5. The van der Waals surface area contributed by atoms with Crippen molar-refractivity contribution < 1.29 is 9.47 Å². The molecule has 0 N–H and O–H groups in total. The zero-order valence-electron chi connectivity index (χ0n) is 11.0. The summed E-state index contributed by atoms with van der Waals surface area (Å²) in [5.41, 5.74) is 2.23. The summed E-state index contributed by atoms with van der Waals surface area (Å²) in [6.45, 7) is 0.379. The number of ether oxygens (including phenoxy) is 2. The van der Waals surface area contributed by atoms with Crippen LogP contribution in [-0.4, -0.2) is 12.1 Å². The topological polar surface area (TPSA) is 55.1 Å². The summed E-state index contributed by atoms with van der Waals surface area (Å²) in [4.78, 5) is 4.15. The van der Waals surface area contributed by atoms with Gasteiger partial charge in [-0.15, -0.1) is 11.6 Å². The Kier molecular flexibility index (Phi) is 4.80. The SMILES string of the molecule is COc1cc(COc2ccc(CCl)nc2)ccc1C#N. The maximum absolute atomic E-state index is 8.92. The Labute approximate surface area is 122 Å². The van der Waals surface area contributed by atoms with Gasteiger partial charge in [-0.3, -0.25) is 4.98 Å². The van der Waals surface area contributed by atoms with E-state index in [4.69, 9.17) is 26.3 Å². The Morgan fingerprint density at radius 2 is 2.15 bits per heavy atom. The lowest BCUT2D eigenvalue weighted by atomic mass is 10.1. The van der Waals surface area contributed by atoms with Crippen molar-refractivity contribution in [2.75, 3.05) is 7.11 Å². The normalized spacial score (nSPS) is 9.85. The number of alkyl halides is 1. The van der Waals surface area contributed by atoms with Crippen LogP contribution in [0.3, 0.4) is 0 Å². The van der Waals surface area contributed by atoms with Gasteiger partial charge in [0, 0.05) is 0 Å². The molecule has 0 amide bonds. The van der Waals surface area contributed by atoms with Gasteiger partial charge in [0.15, 0.2) is 0 Å². The molecule has 0 spiro atoms. The second kappa shape index (κ2) is 6.78. The van der Waals surface area contributed by atoms with Crippen molar-refractivity contribution in [2.45, 2.75) is 12.5 Å². The van der Waals surface area contributed by atoms with Crippen molar-refractivity contribution in [1.29, 1.82) is 5.26 Å². The first-order valence-corrected chi connectivity index (χ1v) is 6.51. The van der Waals surface area contributed by atoms with E-state index in [0.29, 0.717) is 29.5 Å². The number of nitriles is 1. The number of halogens is 1. The Morgan fingerprint density at radius 1 is 1.30 bits per heavy atom. The molecule has 0 radical (unpaired) electrons. The van der Waals surface area contributed by atoms with Crippen LogP contribution in [0.15, 0.2) is 36.5 Å². The highest BCUT2D eigenvalue weighted by Crippen LogP contribution is 2.20. The molecule has 1 aromatic heterocycles. The van der Waals surface area contributed by atoms with Crippen LogP contribution in [0, 0.1) is 11.3 Å². The molecular weight excluding hydrogens is 276 g/mol. The van der Waals surface area contributed by atoms with Crippen molar-refractivity contribution in [1.82, 2.24) is 4.98 Å². The van der Waals surface area contributed by atoms with Crippen LogP contribution in [0.1, 0.15) is 16.8 Å². The van der Waals surface area contributed by atoms with E-state index in [9.17, 15) is 0 Å². The monoisotopic (exact) mass is 288 g/mol. The molecule has 1 heterocycles. The first kappa shape index (κ1) is 14.2. The molecule has 0 fully saturated rings. The molecule has 102 valence electrons. The number of hydrogen-bond acceptors (Lipinski definition) is 4. The number of aromatic nitrogens is 1. The maximum Gasteiger partial charge on any atom is 0.138 e. The third-order valence-electron chi connectivity index (χ3n) is 2.73. The van der Waals surface area contributed by atoms with Crippen molar-refractivity contribution >= 4 is 11.6 Å². The third-order valence-corrected chi connectivity index (χ3v) is 3.00. The van der Waals surface area contributed by atoms with Crippen LogP contribution in [-0.2, 0) is 12.5 Å². The number of benzene rings is 1. The van der Waals surface area contributed by atoms with Crippen molar-refractivity contribution in [3.63, 3.8) is 0 Å². The zero-order valence-corrected chi connectivity index (χ0v) is 11.7. The van der Waals surface area contributed by atoms with E-state index in [-0.39, 0.29) is 0 Å². The van der Waals surface area contributed by atoms with Gasteiger partial charge in [-0.05, 0) is 29.8 Å². The molecule has 20 heavy (non-hydrogen) atoms. The standard InChI is InChI=1S/C15H13ClN2O2/c1-19-15-6-11(2-3-12(15)8-17)10-20-14-5-4-13(7-16)18-9-14/h2-6,9H,7,10H2,1H3. The van der Waals surface area contributed by atoms with Crippen molar-refractivity contribution in [3.05, 3.63) is 53.3 Å². The minimum Gasteiger partial charge on any atom is -0.495 e. The van der Waals surface area contributed by atoms with Crippen LogP contribution in [0.5, 0.6) is 11.5 Å². The molecule has 0 unspecified atom stereocenters. The van der Waals surface area contributed by atoms with Crippen LogP contribution in [0.2, 0.25) is 0 Å². The predicted molar refractivity (Wildman–Crippen MR) is 75.8 cm³/mol. The van der Waals surface area contributed by atoms with Crippen molar-refractivity contribution in [2.24, 2.45) is 0 Å². The van der Waals surface area contributed by atoms with Gasteiger partial charge in [-0.2, -0.15) is 5.26 Å². The molecule has 1 aromatic carbocycles. The second-order valence-electron chi connectivity index (χ2n) is 4.05. The summed E-state index contributed by atoms with van der Waals surface area (Å²) in [5.74, 6) is 1.60. The molecule has 0 aliphatic carbocycles. The van der Waals surface area contributed by atoms with Crippen LogP contribution in [0.4, 0.5) is 0 Å². The van der Waals surface area contributed by atoms with Gasteiger partial charge in [0.2, 0.25) is 0 Å². The zero-order chi connectivity index (χ0) is 14.4. The Balaban J connectivity index is 2.05. The summed E-state index contributed by atoms with van der Waals surface area (Å²) >= 11 is 5.67. The van der Waals surface area contributed by atoms with Crippen LogP contribution in [0.25, 0.3) is 0 Å². The highest BCUT2D eigenvalue weighted by Gasteiger charge is 2.04. The van der Waals surface area contributed by atoms with E-state index in [1.807, 2.05) is 18.2 Å². The third kappa shape index (κ3) is 3.40. The van der Waals surface area contributed by atoms with E-state index < -0.39 is 0 Å². The first-order valence-electron chi connectivity index (χ1n) is 5.97. The van der Waals surface area contributed by atoms with Gasteiger partial charge in [0.1, 0.15) is 24.2 Å². The molecule has 0 aliphatic heterocycles. The highest BCUT2D eigenvalue weighted by molar-refractivity contribution is 6.16. The number of nitrogens with zero attached hydrogens (tertiary/aromatic N) is 2. The molecule has 0 aliphatic rings. The summed E-state index contributed by atoms with van der Waals surface area (Å²) in [7, 11) is 1.54. The van der Waals surface area contributed by atoms with E-state index in [0.717, 1.165) is 11.3 Å². The van der Waals surface area contributed by atoms with Gasteiger partial charge < -0.3 is 9.47 Å². The lowest BCUT2D eigenvalue weighted by molar-refractivity contribution is 0.304. The van der Waals surface area contributed by atoms with Gasteiger partial charge in [-0.25, -0.2) is 0 Å². The number of rotatable bonds is 5. The van der Waals surface area contributed by atoms with E-state index in [2.05, 4.69) is 11.1 Å². The molecule has 2 rings (SSSR count). The molecule has 4 nitrogen and oxygen atoms in total. The van der Waals surface area contributed by atoms with Gasteiger partial charge in [0.25, 0.3) is 0 Å². The Bertz CT molecular complexity index is 621. The minimum absolute atomic E-state index is 0.379. The van der Waals surface area contributed by atoms with Crippen LogP contribution >= 0.6 is 11.6 Å². The first-order chi connectivity index (χ1) is 9.76. The van der Waals surface area contributed by atoms with Crippen molar-refractivity contribution in [3.8, 4) is 17.6 Å². The molecule has 0 saturated carbocycles. The summed E-state index contributed by atoms with van der Waals surface area (Å²) in [6, 6.07) is 11.1. The summed E-state index contributed by atoms with van der Waals surface area (Å²) in [6.07, 6.45) is 1.64. The average molecular weight is 289 g/mol. The van der Waals surface area contributed by atoms with E-state index >= 15 is 0 Å². The fourth-order valence-electron chi connectivity index (χ4n) is 1.66. The molecule has 0 bridgehead atoms. The van der Waals surface area contributed by atoms with E-state index in [1.54, 1.807) is 18.3 Å². The molecule has 5 heteroatoms. The van der Waals surface area contributed by atoms with Gasteiger partial charge in [-0.1, -0.05) is 6.07 Å². The maximum atomic E-state index is 8.92. The Morgan fingerprint density at radius 3 is 2.75 bits per heavy atom. The Hall–Kier alpha value is -2.25. The molecular formula is C15H13ClN2O2. The number of methoxy groups -OCH3 is 1. The minimum atomic E-state index is 0.379. The van der Waals surface area contributed by atoms with E-state index in [1.165, 1.54) is 7.11 Å². The smallest absolute Gasteiger partial charge is 0.138 e. The second-order valence-corrected chi connectivity index (χ2v) is 4.32.